The van der Waals surface area contributed by atoms with Gasteiger partial charge in [0.15, 0.2) is 0 Å². The van der Waals surface area contributed by atoms with Crippen LogP contribution >= 0.6 is 0 Å². The average Bonchev–Trinajstić information content (AvgIpc) is 3.36. The highest BCUT2D eigenvalue weighted by Gasteiger charge is 2.35. The lowest BCUT2D eigenvalue weighted by atomic mass is 9.87. The number of para-hydroxylation sites is 1. The molecule has 1 saturated heterocycles. The van der Waals surface area contributed by atoms with Crippen molar-refractivity contribution in [2.75, 3.05) is 23.8 Å². The van der Waals surface area contributed by atoms with Gasteiger partial charge in [0, 0.05) is 36.5 Å². The van der Waals surface area contributed by atoms with E-state index in [2.05, 4.69) is 72.7 Å². The van der Waals surface area contributed by atoms with Crippen LogP contribution in [0.25, 0.3) is 0 Å². The summed E-state index contributed by atoms with van der Waals surface area (Å²) in [4.78, 5) is 13.4. The Morgan fingerprint density at radius 1 is 1.02 bits per heavy atom. The monoisotopic (exact) mass is 597 g/mol. The van der Waals surface area contributed by atoms with Crippen molar-refractivity contribution in [3.05, 3.63) is 112 Å². The highest BCUT2D eigenvalue weighted by atomic mass is 19.1. The van der Waals surface area contributed by atoms with Crippen LogP contribution in [0.5, 0.6) is 5.75 Å². The number of ether oxygens (including phenoxy) is 1. The molecule has 44 heavy (non-hydrogen) atoms. The summed E-state index contributed by atoms with van der Waals surface area (Å²) in [5.74, 6) is 0.598. The Hall–Kier alpha value is -4.26. The van der Waals surface area contributed by atoms with Gasteiger partial charge in [-0.15, -0.1) is 0 Å². The zero-order valence-corrected chi connectivity index (χ0v) is 26.0. The molecule has 2 unspecified atom stereocenters. The number of alkyl halides is 1. The Balaban J connectivity index is 1.29. The molecule has 2 aliphatic rings. The minimum atomic E-state index is -0.970. The molecule has 232 valence electrons. The third-order valence-corrected chi connectivity index (χ3v) is 8.60. The van der Waals surface area contributed by atoms with Gasteiger partial charge >= 0.3 is 5.97 Å². The summed E-state index contributed by atoms with van der Waals surface area (Å²) in [6.45, 7) is 7.14. The summed E-state index contributed by atoms with van der Waals surface area (Å²) in [6, 6.07) is 21.2. The van der Waals surface area contributed by atoms with E-state index in [0.717, 1.165) is 54.9 Å². The van der Waals surface area contributed by atoms with E-state index in [9.17, 15) is 9.18 Å². The van der Waals surface area contributed by atoms with E-state index in [1.54, 1.807) is 12.1 Å². The molecule has 2 fully saturated rings. The van der Waals surface area contributed by atoms with Crippen LogP contribution in [0.1, 0.15) is 72.5 Å². The number of carbonyl (C=O) groups is 1. The molecule has 0 spiro atoms. The van der Waals surface area contributed by atoms with Crippen molar-refractivity contribution < 1.29 is 19.0 Å². The summed E-state index contributed by atoms with van der Waals surface area (Å²) < 4.78 is 20.9. The van der Waals surface area contributed by atoms with Crippen LogP contribution in [0, 0.1) is 13.8 Å². The lowest BCUT2D eigenvalue weighted by Gasteiger charge is -2.34. The molecule has 1 heterocycles. The fourth-order valence-corrected chi connectivity index (χ4v) is 5.90. The smallest absolute Gasteiger partial charge is 0.335 e. The van der Waals surface area contributed by atoms with Gasteiger partial charge in [0.25, 0.3) is 0 Å². The van der Waals surface area contributed by atoms with Crippen LogP contribution in [0.3, 0.4) is 0 Å². The number of benzene rings is 3. The topological polar surface area (TPSA) is 73.8 Å². The van der Waals surface area contributed by atoms with Gasteiger partial charge in [0.2, 0.25) is 0 Å². The molecule has 0 aromatic heterocycles. The molecular weight excluding hydrogens is 553 g/mol. The van der Waals surface area contributed by atoms with E-state index >= 15 is 0 Å². The molecule has 1 saturated carbocycles. The Bertz CT molecular complexity index is 1510. The number of hydrogen-bond acceptors (Lipinski definition) is 5. The first-order valence-electron chi connectivity index (χ1n) is 15.8. The van der Waals surface area contributed by atoms with Crippen molar-refractivity contribution in [3.8, 4) is 5.75 Å². The van der Waals surface area contributed by atoms with E-state index in [1.807, 2.05) is 12.1 Å². The van der Waals surface area contributed by atoms with E-state index in [4.69, 9.17) is 9.84 Å². The predicted molar refractivity (Wildman–Crippen MR) is 176 cm³/mol. The maximum atomic E-state index is 14.9. The first-order chi connectivity index (χ1) is 21.3. The molecule has 0 radical (unpaired) electrons. The summed E-state index contributed by atoms with van der Waals surface area (Å²) in [6.07, 6.45) is 7.81. The summed E-state index contributed by atoms with van der Waals surface area (Å²) in [5, 5.41) is 16.4. The largest absolute Gasteiger partial charge is 0.491 e. The third-order valence-electron chi connectivity index (χ3n) is 8.60. The van der Waals surface area contributed by atoms with Crippen LogP contribution in [-0.2, 0) is 6.42 Å². The second kappa shape index (κ2) is 14.5. The number of anilines is 2. The van der Waals surface area contributed by atoms with E-state index in [1.165, 1.54) is 41.0 Å². The van der Waals surface area contributed by atoms with Crippen molar-refractivity contribution in [1.82, 2.24) is 4.90 Å². The van der Waals surface area contributed by atoms with Crippen LogP contribution in [0.4, 0.5) is 15.8 Å². The first-order valence-corrected chi connectivity index (χ1v) is 15.8. The van der Waals surface area contributed by atoms with Crippen molar-refractivity contribution in [2.24, 2.45) is 0 Å². The molecule has 0 amide bonds. The molecule has 3 N–H and O–H groups in total. The van der Waals surface area contributed by atoms with Gasteiger partial charge in [0.05, 0.1) is 11.6 Å². The van der Waals surface area contributed by atoms with Crippen LogP contribution in [-0.4, -0.2) is 41.3 Å². The van der Waals surface area contributed by atoms with Crippen molar-refractivity contribution in [2.45, 2.75) is 77.9 Å². The van der Waals surface area contributed by atoms with Gasteiger partial charge in [-0.2, -0.15) is 0 Å². The zero-order valence-electron chi connectivity index (χ0n) is 26.0. The number of rotatable bonds is 13. The Labute approximate surface area is 260 Å². The van der Waals surface area contributed by atoms with Crippen LogP contribution in [0.2, 0.25) is 0 Å². The number of allylic oxidation sites excluding steroid dienone is 3. The number of likely N-dealkylation sites (tertiary alicyclic amines) is 1. The molecule has 3 aromatic carbocycles. The highest BCUT2D eigenvalue weighted by Crippen LogP contribution is 2.37. The number of halogens is 1. The second-order valence-corrected chi connectivity index (χ2v) is 12.0. The molecule has 1 aliphatic carbocycles. The van der Waals surface area contributed by atoms with Crippen LogP contribution < -0.4 is 15.4 Å². The minimum Gasteiger partial charge on any atom is -0.491 e. The highest BCUT2D eigenvalue weighted by molar-refractivity contribution is 5.87. The fourth-order valence-electron chi connectivity index (χ4n) is 5.90. The Kier molecular flexibility index (Phi) is 10.3. The molecule has 7 heteroatoms. The van der Waals surface area contributed by atoms with Crippen molar-refractivity contribution in [3.63, 3.8) is 0 Å². The summed E-state index contributed by atoms with van der Waals surface area (Å²) in [5.41, 5.74) is 8.56. The van der Waals surface area contributed by atoms with Gasteiger partial charge in [-0.25, -0.2) is 9.18 Å². The maximum Gasteiger partial charge on any atom is 0.335 e. The van der Waals surface area contributed by atoms with E-state index < -0.39 is 12.1 Å². The number of unbranched alkanes of at least 4 members (excludes halogenated alkanes) is 1. The lowest BCUT2D eigenvalue weighted by molar-refractivity contribution is 0.0696. The molecule has 5 rings (SSSR count). The number of nitrogens with one attached hydrogen (secondary N) is 2. The van der Waals surface area contributed by atoms with E-state index in [-0.39, 0.29) is 11.6 Å². The van der Waals surface area contributed by atoms with Gasteiger partial charge in [-0.3, -0.25) is 0 Å². The predicted octanol–water partition coefficient (Wildman–Crippen LogP) is 8.64. The number of carboxylic acid groups (broad SMARTS) is 1. The molecule has 2 atom stereocenters. The molecule has 3 aromatic rings. The summed E-state index contributed by atoms with van der Waals surface area (Å²) in [7, 11) is 0. The van der Waals surface area contributed by atoms with Gasteiger partial charge in [-0.05, 0) is 98.7 Å². The number of aromatic carboxylic acids is 1. The standard InChI is InChI=1S/C37H44FN3O3/c1-4-5-13-36(39-33-12-7-6-9-25(33)2)40-34-19-14-27(20-26(34)3)21-35(28-10-8-11-28)41-23-30(38)22-31(41)24-44-32-17-15-29(16-18-32)37(42)43/h6-7,9,12-20,30-31,39-40H,4-5,8,10-11,21-24H2,1-3H3,(H,42,43)/b36-13+. The lowest BCUT2D eigenvalue weighted by Crippen LogP contribution is -2.36. The first kappa shape index (κ1) is 31.2. The summed E-state index contributed by atoms with van der Waals surface area (Å²) >= 11 is 0. The number of nitrogens with zero attached hydrogens (tertiary/aromatic N) is 1. The average molecular weight is 598 g/mol. The number of carboxylic acids is 1. The quantitative estimate of drug-likeness (QED) is 0.183. The van der Waals surface area contributed by atoms with Gasteiger partial charge < -0.3 is 25.4 Å². The molecule has 1 aliphatic heterocycles. The Morgan fingerprint density at radius 3 is 2.39 bits per heavy atom. The van der Waals surface area contributed by atoms with Gasteiger partial charge in [-0.1, -0.05) is 49.2 Å². The SMILES string of the molecule is CCC/C=C(\Nc1ccccc1C)Nc1ccc(CC(=C2CCC2)N2CC(F)CC2COc2ccc(C(=O)O)cc2)cc1C. The zero-order chi connectivity index (χ0) is 31.1. The van der Waals surface area contributed by atoms with Gasteiger partial charge in [0.1, 0.15) is 24.3 Å². The van der Waals surface area contributed by atoms with E-state index in [0.29, 0.717) is 25.3 Å². The number of hydrogen-bond donors (Lipinski definition) is 3. The normalized spacial score (nSPS) is 18.1. The fraction of sp³-hybridized carbons (Fsp3) is 0.378. The second-order valence-electron chi connectivity index (χ2n) is 12.0. The van der Waals surface area contributed by atoms with Crippen molar-refractivity contribution in [1.29, 1.82) is 0 Å². The maximum absolute atomic E-state index is 14.9. The Morgan fingerprint density at radius 2 is 1.75 bits per heavy atom. The van der Waals surface area contributed by atoms with Crippen molar-refractivity contribution >= 4 is 17.3 Å². The molecular formula is C37H44FN3O3. The molecule has 0 bridgehead atoms. The van der Waals surface area contributed by atoms with Crippen LogP contribution in [0.15, 0.2) is 89.9 Å². The number of aryl methyl sites for hydroxylation is 2. The molecule has 6 nitrogen and oxygen atoms in total. The minimum absolute atomic E-state index is 0.0759. The third kappa shape index (κ3) is 7.81.